The second-order valence-corrected chi connectivity index (χ2v) is 4.93. The van der Waals surface area contributed by atoms with E-state index in [0.717, 1.165) is 10.6 Å². The van der Waals surface area contributed by atoms with Crippen LogP contribution in [0, 0.1) is 6.92 Å². The molecule has 1 heterocycles. The second-order valence-electron chi connectivity index (χ2n) is 2.97. The summed E-state index contributed by atoms with van der Waals surface area (Å²) in [6.07, 6.45) is 0. The highest BCUT2D eigenvalue weighted by Crippen LogP contribution is 2.31. The monoisotopic (exact) mass is 230 g/mol. The minimum absolute atomic E-state index is 0.525. The van der Waals surface area contributed by atoms with Crippen LogP contribution in [0.5, 0.6) is 0 Å². The fourth-order valence-electron chi connectivity index (χ4n) is 1.41. The van der Waals surface area contributed by atoms with Crippen molar-refractivity contribution in [2.75, 3.05) is 0 Å². The van der Waals surface area contributed by atoms with Crippen molar-refractivity contribution in [3.63, 3.8) is 0 Å². The Morgan fingerprint density at radius 2 is 2.08 bits per heavy atom. The molecule has 2 aromatic rings. The molecule has 2 rings (SSSR count). The molecule has 0 bridgehead atoms. The SMILES string of the molecule is Cc1cc2cc(Cl)cc(CCl)c2s1. The lowest BCUT2D eigenvalue weighted by Crippen LogP contribution is -1.77. The van der Waals surface area contributed by atoms with Crippen LogP contribution < -0.4 is 0 Å². The first-order chi connectivity index (χ1) is 6.20. The Balaban J connectivity index is 2.80. The fourth-order valence-corrected chi connectivity index (χ4v) is 2.96. The minimum Gasteiger partial charge on any atom is -0.140 e. The van der Waals surface area contributed by atoms with Gasteiger partial charge in [-0.05, 0) is 36.1 Å². The van der Waals surface area contributed by atoms with Gasteiger partial charge in [0.2, 0.25) is 0 Å². The lowest BCUT2D eigenvalue weighted by Gasteiger charge is -1.98. The number of fused-ring (bicyclic) bond motifs is 1. The zero-order chi connectivity index (χ0) is 9.42. The van der Waals surface area contributed by atoms with Gasteiger partial charge in [-0.3, -0.25) is 0 Å². The predicted molar refractivity (Wildman–Crippen MR) is 61.1 cm³/mol. The molecule has 0 saturated carbocycles. The van der Waals surface area contributed by atoms with E-state index in [-0.39, 0.29) is 0 Å². The molecule has 0 aliphatic carbocycles. The normalized spacial score (nSPS) is 11.0. The highest BCUT2D eigenvalue weighted by atomic mass is 35.5. The Kier molecular flexibility index (Phi) is 2.50. The van der Waals surface area contributed by atoms with E-state index >= 15 is 0 Å². The van der Waals surface area contributed by atoms with Gasteiger partial charge in [0.05, 0.1) is 0 Å². The zero-order valence-electron chi connectivity index (χ0n) is 7.10. The molecule has 0 aliphatic rings. The number of thiophene rings is 1. The highest BCUT2D eigenvalue weighted by Gasteiger charge is 2.05. The van der Waals surface area contributed by atoms with Gasteiger partial charge >= 0.3 is 0 Å². The van der Waals surface area contributed by atoms with Gasteiger partial charge < -0.3 is 0 Å². The van der Waals surface area contributed by atoms with E-state index in [1.54, 1.807) is 11.3 Å². The number of hydrogen-bond acceptors (Lipinski definition) is 1. The van der Waals surface area contributed by atoms with E-state index in [1.807, 2.05) is 12.1 Å². The number of halogens is 2. The Hall–Kier alpha value is -0.240. The van der Waals surface area contributed by atoms with Crippen molar-refractivity contribution >= 4 is 44.6 Å². The molecule has 0 nitrogen and oxygen atoms in total. The Morgan fingerprint density at radius 3 is 2.77 bits per heavy atom. The van der Waals surface area contributed by atoms with Crippen LogP contribution in [0.15, 0.2) is 18.2 Å². The highest BCUT2D eigenvalue weighted by molar-refractivity contribution is 7.19. The molecule has 3 heteroatoms. The summed E-state index contributed by atoms with van der Waals surface area (Å²) >= 11 is 13.6. The van der Waals surface area contributed by atoms with Gasteiger partial charge in [-0.25, -0.2) is 0 Å². The molecular weight excluding hydrogens is 223 g/mol. The van der Waals surface area contributed by atoms with Gasteiger partial charge in [0.25, 0.3) is 0 Å². The van der Waals surface area contributed by atoms with Crippen LogP contribution >= 0.6 is 34.5 Å². The minimum atomic E-state index is 0.525. The van der Waals surface area contributed by atoms with Crippen LogP contribution in [0.2, 0.25) is 5.02 Å². The molecule has 0 saturated heterocycles. The third kappa shape index (κ3) is 1.69. The molecule has 0 amide bonds. The Bertz CT molecular complexity index is 445. The number of aryl methyl sites for hydroxylation is 1. The van der Waals surface area contributed by atoms with Crippen LogP contribution in [0.25, 0.3) is 10.1 Å². The van der Waals surface area contributed by atoms with Gasteiger partial charge in [0.1, 0.15) is 0 Å². The number of rotatable bonds is 1. The molecule has 0 aliphatic heterocycles. The molecular formula is C10H8Cl2S. The first kappa shape index (κ1) is 9.32. The van der Waals surface area contributed by atoms with Crippen molar-refractivity contribution in [3.05, 3.63) is 33.7 Å². The second kappa shape index (κ2) is 3.49. The maximum atomic E-state index is 5.96. The molecule has 0 spiro atoms. The van der Waals surface area contributed by atoms with Gasteiger partial charge in [0, 0.05) is 20.5 Å². The van der Waals surface area contributed by atoms with Crippen LogP contribution in [-0.4, -0.2) is 0 Å². The summed E-state index contributed by atoms with van der Waals surface area (Å²) in [5, 5.41) is 1.96. The average molecular weight is 231 g/mol. The molecule has 1 aromatic carbocycles. The van der Waals surface area contributed by atoms with Crippen molar-refractivity contribution in [1.82, 2.24) is 0 Å². The Morgan fingerprint density at radius 1 is 1.31 bits per heavy atom. The summed E-state index contributed by atoms with van der Waals surface area (Å²) < 4.78 is 1.26. The summed E-state index contributed by atoms with van der Waals surface area (Å²) in [4.78, 5) is 1.30. The number of benzene rings is 1. The topological polar surface area (TPSA) is 0 Å². The summed E-state index contributed by atoms with van der Waals surface area (Å²) in [5.41, 5.74) is 1.13. The summed E-state index contributed by atoms with van der Waals surface area (Å²) in [5.74, 6) is 0.525. The van der Waals surface area contributed by atoms with E-state index < -0.39 is 0 Å². The summed E-state index contributed by atoms with van der Waals surface area (Å²) in [6, 6.07) is 6.06. The standard InChI is InChI=1S/C10H8Cl2S/c1-6-2-7-3-9(12)4-8(5-11)10(7)13-6/h2-4H,5H2,1H3. The van der Waals surface area contributed by atoms with Crippen molar-refractivity contribution in [3.8, 4) is 0 Å². The largest absolute Gasteiger partial charge is 0.140 e. The van der Waals surface area contributed by atoms with Crippen LogP contribution in [-0.2, 0) is 5.88 Å². The zero-order valence-corrected chi connectivity index (χ0v) is 9.43. The van der Waals surface area contributed by atoms with Crippen molar-refractivity contribution < 1.29 is 0 Å². The van der Waals surface area contributed by atoms with Crippen LogP contribution in [0.4, 0.5) is 0 Å². The molecule has 0 unspecified atom stereocenters. The third-order valence-electron chi connectivity index (χ3n) is 1.93. The third-order valence-corrected chi connectivity index (χ3v) is 3.57. The lowest BCUT2D eigenvalue weighted by molar-refractivity contribution is 1.47. The maximum absolute atomic E-state index is 5.96. The van der Waals surface area contributed by atoms with Gasteiger partial charge in [0.15, 0.2) is 0 Å². The van der Waals surface area contributed by atoms with Gasteiger partial charge in [-0.1, -0.05) is 11.6 Å². The average Bonchev–Trinajstić information content (AvgIpc) is 2.43. The molecule has 13 heavy (non-hydrogen) atoms. The van der Waals surface area contributed by atoms with E-state index in [9.17, 15) is 0 Å². The lowest BCUT2D eigenvalue weighted by atomic mass is 10.2. The van der Waals surface area contributed by atoms with Crippen molar-refractivity contribution in [2.45, 2.75) is 12.8 Å². The molecule has 0 atom stereocenters. The first-order valence-corrected chi connectivity index (χ1v) is 5.68. The van der Waals surface area contributed by atoms with E-state index in [1.165, 1.54) is 15.0 Å². The molecule has 1 aromatic heterocycles. The van der Waals surface area contributed by atoms with Crippen LogP contribution in [0.3, 0.4) is 0 Å². The Labute approximate surface area is 91.1 Å². The van der Waals surface area contributed by atoms with E-state index in [2.05, 4.69) is 13.0 Å². The van der Waals surface area contributed by atoms with Crippen molar-refractivity contribution in [2.24, 2.45) is 0 Å². The summed E-state index contributed by atoms with van der Waals surface area (Å²) in [6.45, 7) is 2.09. The summed E-state index contributed by atoms with van der Waals surface area (Å²) in [7, 11) is 0. The van der Waals surface area contributed by atoms with Crippen molar-refractivity contribution in [1.29, 1.82) is 0 Å². The van der Waals surface area contributed by atoms with Gasteiger partial charge in [-0.15, -0.1) is 22.9 Å². The molecule has 68 valence electrons. The molecule has 0 radical (unpaired) electrons. The molecule has 0 fully saturated rings. The first-order valence-electron chi connectivity index (χ1n) is 3.95. The van der Waals surface area contributed by atoms with E-state index in [0.29, 0.717) is 5.88 Å². The van der Waals surface area contributed by atoms with Gasteiger partial charge in [-0.2, -0.15) is 0 Å². The van der Waals surface area contributed by atoms with E-state index in [4.69, 9.17) is 23.2 Å². The smallest absolute Gasteiger partial charge is 0.0488 e. The molecule has 0 N–H and O–H groups in total. The number of alkyl halides is 1. The van der Waals surface area contributed by atoms with Crippen LogP contribution in [0.1, 0.15) is 10.4 Å². The fraction of sp³-hybridized carbons (Fsp3) is 0.200. The number of hydrogen-bond donors (Lipinski definition) is 0. The maximum Gasteiger partial charge on any atom is 0.0488 e. The quantitative estimate of drug-likeness (QED) is 0.629. The predicted octanol–water partition coefficient (Wildman–Crippen LogP) is 4.60.